The van der Waals surface area contributed by atoms with Gasteiger partial charge in [-0.05, 0) is 42.9 Å². The number of hydrogen-bond donors (Lipinski definition) is 1. The molecule has 1 aromatic rings. The van der Waals surface area contributed by atoms with Crippen molar-refractivity contribution in [3.63, 3.8) is 0 Å². The number of nitrogens with two attached hydrogens (primary N) is 1. The van der Waals surface area contributed by atoms with Gasteiger partial charge in [-0.15, -0.1) is 11.8 Å². The fourth-order valence-electron chi connectivity index (χ4n) is 2.57. The van der Waals surface area contributed by atoms with Crippen LogP contribution in [0.5, 0.6) is 0 Å². The van der Waals surface area contributed by atoms with Crippen LogP contribution in [0.2, 0.25) is 0 Å². The summed E-state index contributed by atoms with van der Waals surface area (Å²) in [5.74, 6) is 2.70. The minimum absolute atomic E-state index is 0.710. The second-order valence-corrected chi connectivity index (χ2v) is 5.73. The summed E-state index contributed by atoms with van der Waals surface area (Å²) in [6.07, 6.45) is 3.80. The van der Waals surface area contributed by atoms with Crippen LogP contribution in [0.15, 0.2) is 29.2 Å². The minimum Gasteiger partial charge on any atom is -0.330 e. The van der Waals surface area contributed by atoms with E-state index in [1.54, 1.807) is 5.56 Å². The molecule has 16 heavy (non-hydrogen) atoms. The molecule has 2 atom stereocenters. The molecule has 0 fully saturated rings. The third-order valence-corrected chi connectivity index (χ3v) is 4.70. The first kappa shape index (κ1) is 12.0. The second-order valence-electron chi connectivity index (χ2n) is 4.67. The molecule has 88 valence electrons. The van der Waals surface area contributed by atoms with Crippen LogP contribution in [-0.4, -0.2) is 12.3 Å². The van der Waals surface area contributed by atoms with Crippen LogP contribution in [0.1, 0.15) is 37.7 Å². The third-order valence-electron chi connectivity index (χ3n) is 3.45. The predicted molar refractivity (Wildman–Crippen MR) is 72.0 cm³/mol. The molecule has 2 rings (SSSR count). The van der Waals surface area contributed by atoms with Crippen molar-refractivity contribution in [3.8, 4) is 0 Å². The lowest BCUT2D eigenvalue weighted by Gasteiger charge is -2.18. The summed E-state index contributed by atoms with van der Waals surface area (Å²) in [4.78, 5) is 1.49. The van der Waals surface area contributed by atoms with E-state index in [9.17, 15) is 0 Å². The maximum absolute atomic E-state index is 5.85. The molecular weight excluding hydrogens is 214 g/mol. The summed E-state index contributed by atoms with van der Waals surface area (Å²) in [6.45, 7) is 3.09. The van der Waals surface area contributed by atoms with E-state index in [-0.39, 0.29) is 0 Å². The zero-order valence-corrected chi connectivity index (χ0v) is 10.8. The maximum Gasteiger partial charge on any atom is 0.0107 e. The zero-order chi connectivity index (χ0) is 11.4. The molecule has 1 nitrogen and oxygen atoms in total. The van der Waals surface area contributed by atoms with Gasteiger partial charge in [0, 0.05) is 10.6 Å². The summed E-state index contributed by atoms with van der Waals surface area (Å²) < 4.78 is 0. The van der Waals surface area contributed by atoms with Crippen molar-refractivity contribution in [3.05, 3.63) is 29.8 Å². The molecule has 0 bridgehead atoms. The summed E-state index contributed by atoms with van der Waals surface area (Å²) in [6, 6.07) is 8.84. The third kappa shape index (κ3) is 2.61. The molecule has 1 aliphatic heterocycles. The normalized spacial score (nSPS) is 20.8. The highest BCUT2D eigenvalue weighted by molar-refractivity contribution is 7.99. The molecule has 0 radical (unpaired) electrons. The monoisotopic (exact) mass is 235 g/mol. The number of benzene rings is 1. The van der Waals surface area contributed by atoms with Crippen molar-refractivity contribution in [1.82, 2.24) is 0 Å². The quantitative estimate of drug-likeness (QED) is 0.843. The van der Waals surface area contributed by atoms with E-state index in [1.807, 2.05) is 11.8 Å². The van der Waals surface area contributed by atoms with E-state index in [1.165, 1.54) is 29.9 Å². The Labute approximate surface area is 103 Å². The molecule has 1 heterocycles. The summed E-state index contributed by atoms with van der Waals surface area (Å²) >= 11 is 2.01. The Kier molecular flexibility index (Phi) is 4.30. The number of hydrogen-bond acceptors (Lipinski definition) is 2. The highest BCUT2D eigenvalue weighted by Gasteiger charge is 2.24. The predicted octanol–water partition coefficient (Wildman–Crippen LogP) is 3.64. The van der Waals surface area contributed by atoms with E-state index in [2.05, 4.69) is 31.2 Å². The highest BCUT2D eigenvalue weighted by Crippen LogP contribution is 2.42. The van der Waals surface area contributed by atoms with E-state index in [0.717, 1.165) is 12.5 Å². The first-order valence-electron chi connectivity index (χ1n) is 6.27. The van der Waals surface area contributed by atoms with Crippen LogP contribution in [0.25, 0.3) is 0 Å². The van der Waals surface area contributed by atoms with Gasteiger partial charge >= 0.3 is 0 Å². The molecule has 0 spiro atoms. The van der Waals surface area contributed by atoms with E-state index < -0.39 is 0 Å². The molecular formula is C14H21NS. The number of fused-ring (bicyclic) bond motifs is 1. The molecule has 1 aliphatic rings. The van der Waals surface area contributed by atoms with Gasteiger partial charge in [0.2, 0.25) is 0 Å². The molecule has 2 N–H and O–H groups in total. The van der Waals surface area contributed by atoms with Crippen molar-refractivity contribution in [2.24, 2.45) is 11.7 Å². The molecule has 0 aromatic heterocycles. The summed E-state index contributed by atoms with van der Waals surface area (Å²) in [5.41, 5.74) is 7.41. The lowest BCUT2D eigenvalue weighted by Crippen LogP contribution is -2.17. The Morgan fingerprint density at radius 3 is 3.00 bits per heavy atom. The van der Waals surface area contributed by atoms with Gasteiger partial charge in [-0.3, -0.25) is 0 Å². The second kappa shape index (κ2) is 5.74. The average molecular weight is 235 g/mol. The molecule has 0 aliphatic carbocycles. The standard InChI is InChI=1S/C14H21NS/c1-2-5-11(9-15)8-12-10-16-14-7-4-3-6-13(12)14/h3-4,6-7,11-12H,2,5,8-10,15H2,1H3. The van der Waals surface area contributed by atoms with Crippen LogP contribution in [-0.2, 0) is 0 Å². The Morgan fingerprint density at radius 2 is 2.25 bits per heavy atom. The summed E-state index contributed by atoms with van der Waals surface area (Å²) in [7, 11) is 0. The van der Waals surface area contributed by atoms with Crippen LogP contribution in [0.3, 0.4) is 0 Å². The van der Waals surface area contributed by atoms with Crippen molar-refractivity contribution in [1.29, 1.82) is 0 Å². The molecule has 2 unspecified atom stereocenters. The van der Waals surface area contributed by atoms with Crippen LogP contribution >= 0.6 is 11.8 Å². The Bertz CT molecular complexity index is 337. The molecule has 0 saturated heterocycles. The van der Waals surface area contributed by atoms with Crippen LogP contribution in [0, 0.1) is 5.92 Å². The van der Waals surface area contributed by atoms with Gasteiger partial charge in [-0.25, -0.2) is 0 Å². The van der Waals surface area contributed by atoms with Crippen LogP contribution < -0.4 is 5.73 Å². The zero-order valence-electron chi connectivity index (χ0n) is 9.99. The van der Waals surface area contributed by atoms with Gasteiger partial charge in [0.05, 0.1) is 0 Å². The van der Waals surface area contributed by atoms with Crippen molar-refractivity contribution >= 4 is 11.8 Å². The topological polar surface area (TPSA) is 26.0 Å². The van der Waals surface area contributed by atoms with Crippen molar-refractivity contribution in [2.45, 2.75) is 37.0 Å². The fourth-order valence-corrected chi connectivity index (χ4v) is 3.84. The SMILES string of the molecule is CCCC(CN)CC1CSc2ccccc21. The van der Waals surface area contributed by atoms with Gasteiger partial charge in [0.15, 0.2) is 0 Å². The van der Waals surface area contributed by atoms with Gasteiger partial charge in [0.25, 0.3) is 0 Å². The molecule has 2 heteroatoms. The van der Waals surface area contributed by atoms with Crippen molar-refractivity contribution in [2.75, 3.05) is 12.3 Å². The lowest BCUT2D eigenvalue weighted by molar-refractivity contribution is 0.426. The Balaban J connectivity index is 2.02. The van der Waals surface area contributed by atoms with E-state index >= 15 is 0 Å². The van der Waals surface area contributed by atoms with Crippen molar-refractivity contribution < 1.29 is 0 Å². The van der Waals surface area contributed by atoms with Gasteiger partial charge < -0.3 is 5.73 Å². The largest absolute Gasteiger partial charge is 0.330 e. The number of rotatable bonds is 5. The van der Waals surface area contributed by atoms with Gasteiger partial charge in [0.1, 0.15) is 0 Å². The first-order valence-corrected chi connectivity index (χ1v) is 7.25. The smallest absolute Gasteiger partial charge is 0.0107 e. The first-order chi connectivity index (χ1) is 7.85. The summed E-state index contributed by atoms with van der Waals surface area (Å²) in [5, 5.41) is 0. The van der Waals surface area contributed by atoms with E-state index in [0.29, 0.717) is 5.92 Å². The molecule has 1 aromatic carbocycles. The minimum atomic E-state index is 0.710. The molecule has 0 saturated carbocycles. The lowest BCUT2D eigenvalue weighted by atomic mass is 9.88. The highest BCUT2D eigenvalue weighted by atomic mass is 32.2. The number of thioether (sulfide) groups is 1. The Hall–Kier alpha value is -0.470. The Morgan fingerprint density at radius 1 is 1.44 bits per heavy atom. The van der Waals surface area contributed by atoms with Gasteiger partial charge in [-0.2, -0.15) is 0 Å². The van der Waals surface area contributed by atoms with Crippen LogP contribution in [0.4, 0.5) is 0 Å². The molecule has 0 amide bonds. The van der Waals surface area contributed by atoms with Gasteiger partial charge in [-0.1, -0.05) is 31.5 Å². The van der Waals surface area contributed by atoms with E-state index in [4.69, 9.17) is 5.73 Å². The average Bonchev–Trinajstić information content (AvgIpc) is 2.72. The fraction of sp³-hybridized carbons (Fsp3) is 0.571. The maximum atomic E-state index is 5.85.